The van der Waals surface area contributed by atoms with Crippen LogP contribution in [-0.4, -0.2) is 23.8 Å². The molecule has 0 aliphatic carbocycles. The van der Waals surface area contributed by atoms with Gasteiger partial charge in [-0.1, -0.05) is 17.4 Å². The van der Waals surface area contributed by atoms with Gasteiger partial charge in [-0.15, -0.1) is 11.8 Å². The molecule has 0 fully saturated rings. The molecule has 0 radical (unpaired) electrons. The first-order valence-corrected chi connectivity index (χ1v) is 11.9. The summed E-state index contributed by atoms with van der Waals surface area (Å²) in [4.78, 5) is 20.8. The lowest BCUT2D eigenvalue weighted by Crippen LogP contribution is -2.30. The molecule has 4 rings (SSSR count). The fourth-order valence-corrected chi connectivity index (χ4v) is 5.11. The predicted molar refractivity (Wildman–Crippen MR) is 127 cm³/mol. The van der Waals surface area contributed by atoms with E-state index in [2.05, 4.69) is 13.0 Å². The molecule has 0 aliphatic rings. The molecule has 0 N–H and O–H groups in total. The number of aromatic nitrogens is 1. The normalized spacial score (nSPS) is 11.0. The van der Waals surface area contributed by atoms with Crippen LogP contribution in [0.4, 0.5) is 5.13 Å². The predicted octanol–water partition coefficient (Wildman–Crippen LogP) is 6.31. The summed E-state index contributed by atoms with van der Waals surface area (Å²) in [6.07, 6.45) is 2.87. The number of benzene rings is 2. The van der Waals surface area contributed by atoms with E-state index in [1.165, 1.54) is 10.5 Å². The largest absolute Gasteiger partial charge is 0.497 e. The van der Waals surface area contributed by atoms with Crippen LogP contribution in [0.3, 0.4) is 0 Å². The second-order valence-corrected chi connectivity index (χ2v) is 9.33. The average Bonchev–Trinajstić information content (AvgIpc) is 3.44. The number of hydrogen-bond donors (Lipinski definition) is 0. The average molecular weight is 453 g/mol. The number of methoxy groups -OCH3 is 1. The lowest BCUT2D eigenvalue weighted by molar-refractivity contribution is -0.118. The summed E-state index contributed by atoms with van der Waals surface area (Å²) in [7, 11) is 1.66. The molecule has 160 valence electrons. The molecule has 0 atom stereocenters. The number of anilines is 1. The molecule has 2 aromatic heterocycles. The van der Waals surface area contributed by atoms with Crippen LogP contribution in [0.2, 0.25) is 0 Å². The van der Waals surface area contributed by atoms with E-state index >= 15 is 0 Å². The van der Waals surface area contributed by atoms with Crippen LogP contribution in [0.25, 0.3) is 10.2 Å². The Morgan fingerprint density at radius 2 is 2.03 bits per heavy atom. The second kappa shape index (κ2) is 10.0. The van der Waals surface area contributed by atoms with E-state index < -0.39 is 0 Å². The minimum absolute atomic E-state index is 0.0579. The fraction of sp³-hybridized carbons (Fsp3) is 0.250. The van der Waals surface area contributed by atoms with E-state index in [1.54, 1.807) is 41.4 Å². The van der Waals surface area contributed by atoms with Crippen LogP contribution in [0.1, 0.15) is 24.2 Å². The third-order valence-corrected chi connectivity index (χ3v) is 6.96. The summed E-state index contributed by atoms with van der Waals surface area (Å²) < 4.78 is 11.8. The Balaban J connectivity index is 1.42. The summed E-state index contributed by atoms with van der Waals surface area (Å²) in [6, 6.07) is 17.9. The van der Waals surface area contributed by atoms with Gasteiger partial charge in [0.05, 0.1) is 30.1 Å². The van der Waals surface area contributed by atoms with Crippen molar-refractivity contribution < 1.29 is 13.9 Å². The van der Waals surface area contributed by atoms with Crippen molar-refractivity contribution in [3.05, 3.63) is 72.2 Å². The Bertz CT molecular complexity index is 1140. The smallest absolute Gasteiger partial charge is 0.229 e. The molecule has 5 nitrogen and oxygen atoms in total. The van der Waals surface area contributed by atoms with Crippen molar-refractivity contribution in [2.45, 2.75) is 31.2 Å². The molecule has 7 heteroatoms. The molecular formula is C24H24N2O3S2. The third kappa shape index (κ3) is 5.48. The van der Waals surface area contributed by atoms with Crippen LogP contribution in [0.5, 0.6) is 5.75 Å². The minimum Gasteiger partial charge on any atom is -0.497 e. The Hall–Kier alpha value is -2.77. The molecule has 0 spiro atoms. The fourth-order valence-electron chi connectivity index (χ4n) is 3.18. The number of thiazole rings is 1. The summed E-state index contributed by atoms with van der Waals surface area (Å²) >= 11 is 3.29. The zero-order valence-electron chi connectivity index (χ0n) is 17.5. The van der Waals surface area contributed by atoms with Gasteiger partial charge in [0.15, 0.2) is 5.13 Å². The van der Waals surface area contributed by atoms with Gasteiger partial charge in [0.2, 0.25) is 5.91 Å². The van der Waals surface area contributed by atoms with Crippen LogP contribution >= 0.6 is 23.1 Å². The van der Waals surface area contributed by atoms with Crippen molar-refractivity contribution in [2.24, 2.45) is 0 Å². The zero-order chi connectivity index (χ0) is 21.6. The van der Waals surface area contributed by atoms with E-state index in [9.17, 15) is 4.79 Å². The first kappa shape index (κ1) is 21.5. The van der Waals surface area contributed by atoms with Crippen LogP contribution in [-0.2, 0) is 11.3 Å². The van der Waals surface area contributed by atoms with E-state index in [-0.39, 0.29) is 5.91 Å². The monoisotopic (exact) mass is 452 g/mol. The second-order valence-electron chi connectivity index (χ2n) is 7.15. The number of fused-ring (bicyclic) bond motifs is 1. The van der Waals surface area contributed by atoms with E-state index in [0.29, 0.717) is 18.1 Å². The number of thioether (sulfide) groups is 1. The molecule has 2 aromatic carbocycles. The first-order chi connectivity index (χ1) is 15.1. The lowest BCUT2D eigenvalue weighted by Gasteiger charge is -2.18. The Morgan fingerprint density at radius 3 is 2.77 bits per heavy atom. The van der Waals surface area contributed by atoms with Gasteiger partial charge in [-0.2, -0.15) is 0 Å². The topological polar surface area (TPSA) is 55.6 Å². The van der Waals surface area contributed by atoms with Crippen molar-refractivity contribution >= 4 is 44.4 Å². The third-order valence-electron chi connectivity index (χ3n) is 4.82. The SMILES string of the molecule is COc1ccc(SCCCC(=O)N(Cc2ccco2)c2nc3ccc(C)cc3s2)cc1. The summed E-state index contributed by atoms with van der Waals surface area (Å²) in [5.74, 6) is 2.52. The summed E-state index contributed by atoms with van der Waals surface area (Å²) in [5.41, 5.74) is 2.10. The molecule has 0 bridgehead atoms. The van der Waals surface area contributed by atoms with Crippen LogP contribution < -0.4 is 9.64 Å². The Labute approximate surface area is 190 Å². The van der Waals surface area contributed by atoms with Gasteiger partial charge in [-0.05, 0) is 73.2 Å². The number of amides is 1. The lowest BCUT2D eigenvalue weighted by atomic mass is 10.2. The minimum atomic E-state index is 0.0579. The van der Waals surface area contributed by atoms with Gasteiger partial charge < -0.3 is 9.15 Å². The Kier molecular flexibility index (Phi) is 6.94. The molecule has 0 aliphatic heterocycles. The van der Waals surface area contributed by atoms with Crippen molar-refractivity contribution in [1.29, 1.82) is 0 Å². The number of aryl methyl sites for hydroxylation is 1. The van der Waals surface area contributed by atoms with Gasteiger partial charge >= 0.3 is 0 Å². The van der Waals surface area contributed by atoms with Gasteiger partial charge in [0.1, 0.15) is 11.5 Å². The van der Waals surface area contributed by atoms with Gasteiger partial charge in [0.25, 0.3) is 0 Å². The van der Waals surface area contributed by atoms with Crippen molar-refractivity contribution in [2.75, 3.05) is 17.8 Å². The van der Waals surface area contributed by atoms with E-state index in [0.717, 1.165) is 33.9 Å². The quantitative estimate of drug-likeness (QED) is 0.220. The van der Waals surface area contributed by atoms with Gasteiger partial charge in [0, 0.05) is 11.3 Å². The summed E-state index contributed by atoms with van der Waals surface area (Å²) in [5, 5.41) is 0.713. The number of carbonyl (C=O) groups excluding carboxylic acids is 1. The highest BCUT2D eigenvalue weighted by molar-refractivity contribution is 7.99. The van der Waals surface area contributed by atoms with Crippen molar-refractivity contribution in [3.63, 3.8) is 0 Å². The number of carbonyl (C=O) groups is 1. The highest BCUT2D eigenvalue weighted by atomic mass is 32.2. The van der Waals surface area contributed by atoms with Crippen molar-refractivity contribution in [1.82, 2.24) is 4.98 Å². The maximum atomic E-state index is 13.1. The van der Waals surface area contributed by atoms with Crippen LogP contribution in [0.15, 0.2) is 70.2 Å². The molecule has 2 heterocycles. The molecular weight excluding hydrogens is 428 g/mol. The molecule has 31 heavy (non-hydrogen) atoms. The highest BCUT2D eigenvalue weighted by Crippen LogP contribution is 2.31. The molecule has 0 saturated heterocycles. The maximum absolute atomic E-state index is 13.1. The van der Waals surface area contributed by atoms with E-state index in [1.807, 2.05) is 48.5 Å². The van der Waals surface area contributed by atoms with Gasteiger partial charge in [-0.3, -0.25) is 9.69 Å². The molecule has 4 aromatic rings. The number of ether oxygens (including phenoxy) is 1. The molecule has 0 unspecified atom stereocenters. The molecule has 1 amide bonds. The zero-order valence-corrected chi connectivity index (χ0v) is 19.2. The number of furan rings is 1. The molecule has 0 saturated carbocycles. The van der Waals surface area contributed by atoms with Gasteiger partial charge in [-0.25, -0.2) is 4.98 Å². The Morgan fingerprint density at radius 1 is 1.19 bits per heavy atom. The summed E-state index contributed by atoms with van der Waals surface area (Å²) in [6.45, 7) is 2.45. The first-order valence-electron chi connectivity index (χ1n) is 10.1. The van der Waals surface area contributed by atoms with Crippen LogP contribution in [0, 0.1) is 6.92 Å². The number of rotatable bonds is 9. The standard InChI is InChI=1S/C24H24N2O3S2/c1-17-7-12-21-22(15-17)31-24(25-21)26(16-19-5-3-13-29-19)23(27)6-4-14-30-20-10-8-18(28-2)9-11-20/h3,5,7-13,15H,4,6,14,16H2,1-2H3. The maximum Gasteiger partial charge on any atom is 0.229 e. The highest BCUT2D eigenvalue weighted by Gasteiger charge is 2.21. The number of hydrogen-bond acceptors (Lipinski definition) is 6. The van der Waals surface area contributed by atoms with E-state index in [4.69, 9.17) is 14.1 Å². The van der Waals surface area contributed by atoms with Crippen molar-refractivity contribution in [3.8, 4) is 5.75 Å². The number of nitrogens with zero attached hydrogens (tertiary/aromatic N) is 2.